The summed E-state index contributed by atoms with van der Waals surface area (Å²) < 4.78 is 10.8. The number of fused-ring (bicyclic) bond motifs is 1. The number of nitrogens with zero attached hydrogens (tertiary/aromatic N) is 1. The minimum absolute atomic E-state index is 0.315. The summed E-state index contributed by atoms with van der Waals surface area (Å²) in [7, 11) is 1.80. The maximum atomic E-state index is 5.42. The molecular weight excluding hydrogens is 334 g/mol. The Bertz CT molecular complexity index is 742. The van der Waals surface area contributed by atoms with Gasteiger partial charge in [0.2, 0.25) is 6.79 Å². The smallest absolute Gasteiger partial charge is 0.231 e. The average Bonchev–Trinajstić information content (AvgIpc) is 3.22. The van der Waals surface area contributed by atoms with Crippen molar-refractivity contribution in [3.63, 3.8) is 0 Å². The Morgan fingerprint density at radius 3 is 2.84 bits per heavy atom. The second-order valence-corrected chi connectivity index (χ2v) is 7.57. The Balaban J connectivity index is 1.44. The van der Waals surface area contributed by atoms with Gasteiger partial charge in [-0.25, -0.2) is 0 Å². The van der Waals surface area contributed by atoms with E-state index in [9.17, 15) is 0 Å². The van der Waals surface area contributed by atoms with E-state index in [0.717, 1.165) is 36.8 Å². The fourth-order valence-corrected chi connectivity index (χ4v) is 3.82. The first-order valence-electron chi connectivity index (χ1n) is 8.55. The quantitative estimate of drug-likeness (QED) is 0.615. The number of hydrogen-bond acceptors (Lipinski definition) is 4. The van der Waals surface area contributed by atoms with E-state index in [1.807, 2.05) is 23.5 Å². The minimum Gasteiger partial charge on any atom is -0.454 e. The molecule has 5 nitrogen and oxygen atoms in total. The molecule has 0 amide bonds. The Labute approximate surface area is 153 Å². The molecule has 0 bridgehead atoms. The van der Waals surface area contributed by atoms with Gasteiger partial charge in [-0.15, -0.1) is 11.3 Å². The van der Waals surface area contributed by atoms with Gasteiger partial charge < -0.3 is 20.1 Å². The van der Waals surface area contributed by atoms with Gasteiger partial charge in [0.05, 0.1) is 0 Å². The molecule has 0 radical (unpaired) electrons. The maximum Gasteiger partial charge on any atom is 0.231 e. The zero-order chi connectivity index (χ0) is 17.6. The highest BCUT2D eigenvalue weighted by atomic mass is 32.1. The first-order valence-corrected chi connectivity index (χ1v) is 9.36. The minimum atomic E-state index is 0.315. The number of benzene rings is 1. The Morgan fingerprint density at radius 2 is 2.08 bits per heavy atom. The molecule has 2 N–H and O–H groups in total. The van der Waals surface area contributed by atoms with Crippen molar-refractivity contribution >= 4 is 17.3 Å². The molecule has 1 aliphatic heterocycles. The predicted octanol–water partition coefficient (Wildman–Crippen LogP) is 3.12. The summed E-state index contributed by atoms with van der Waals surface area (Å²) in [6.45, 7) is 5.45. The van der Waals surface area contributed by atoms with Crippen molar-refractivity contribution in [3.8, 4) is 11.5 Å². The summed E-state index contributed by atoms with van der Waals surface area (Å²) in [4.78, 5) is 7.07. The lowest BCUT2D eigenvalue weighted by molar-refractivity contribution is 0.174. The summed E-state index contributed by atoms with van der Waals surface area (Å²) in [5, 5.41) is 6.83. The predicted molar refractivity (Wildman–Crippen MR) is 103 cm³/mol. The van der Waals surface area contributed by atoms with Crippen LogP contribution < -0.4 is 20.1 Å². The van der Waals surface area contributed by atoms with Gasteiger partial charge in [-0.3, -0.25) is 4.99 Å². The van der Waals surface area contributed by atoms with Crippen LogP contribution in [0, 0.1) is 6.92 Å². The lowest BCUT2D eigenvalue weighted by atomic mass is 10.1. The average molecular weight is 359 g/mol. The van der Waals surface area contributed by atoms with Crippen LogP contribution in [0.5, 0.6) is 11.5 Å². The summed E-state index contributed by atoms with van der Waals surface area (Å²) >= 11 is 1.85. The Kier molecular flexibility index (Phi) is 5.81. The standard InChI is InChI=1S/C19H25N3O2S/c1-13(10-16-6-4-14(2)25-16)22-19(20-3)21-9-8-15-5-7-17-18(11-15)24-12-23-17/h4-7,11,13H,8-10,12H2,1-3H3,(H2,20,21,22). The topological polar surface area (TPSA) is 54.9 Å². The van der Waals surface area contributed by atoms with Crippen molar-refractivity contribution in [2.45, 2.75) is 32.7 Å². The number of thiophene rings is 1. The zero-order valence-corrected chi connectivity index (χ0v) is 15.8. The van der Waals surface area contributed by atoms with E-state index in [2.05, 4.69) is 47.7 Å². The van der Waals surface area contributed by atoms with Crippen molar-refractivity contribution in [2.75, 3.05) is 20.4 Å². The number of nitrogens with one attached hydrogen (secondary N) is 2. The molecule has 0 saturated carbocycles. The van der Waals surface area contributed by atoms with E-state index in [4.69, 9.17) is 9.47 Å². The maximum absolute atomic E-state index is 5.42. The molecule has 1 aliphatic rings. The van der Waals surface area contributed by atoms with Crippen molar-refractivity contribution in [2.24, 2.45) is 4.99 Å². The highest BCUT2D eigenvalue weighted by Crippen LogP contribution is 2.32. The molecule has 134 valence electrons. The lowest BCUT2D eigenvalue weighted by Gasteiger charge is -2.17. The number of rotatable bonds is 6. The molecule has 1 atom stereocenters. The van der Waals surface area contributed by atoms with Crippen LogP contribution in [0.15, 0.2) is 35.3 Å². The third kappa shape index (κ3) is 4.89. The van der Waals surface area contributed by atoms with E-state index >= 15 is 0 Å². The van der Waals surface area contributed by atoms with Gasteiger partial charge in [0.1, 0.15) is 0 Å². The third-order valence-electron chi connectivity index (χ3n) is 4.05. The Morgan fingerprint density at radius 1 is 1.24 bits per heavy atom. The van der Waals surface area contributed by atoms with Crippen molar-refractivity contribution in [1.82, 2.24) is 10.6 Å². The lowest BCUT2D eigenvalue weighted by Crippen LogP contribution is -2.43. The van der Waals surface area contributed by atoms with Crippen molar-refractivity contribution in [3.05, 3.63) is 45.6 Å². The van der Waals surface area contributed by atoms with E-state index < -0.39 is 0 Å². The molecular formula is C19H25N3O2S. The van der Waals surface area contributed by atoms with Crippen LogP contribution in [0.3, 0.4) is 0 Å². The number of guanidine groups is 1. The Hall–Kier alpha value is -2.21. The molecule has 3 rings (SSSR count). The molecule has 0 saturated heterocycles. The summed E-state index contributed by atoms with van der Waals surface area (Å²) in [6, 6.07) is 10.8. The molecule has 1 aromatic heterocycles. The van der Waals surface area contributed by atoms with E-state index in [1.165, 1.54) is 15.3 Å². The molecule has 1 aromatic carbocycles. The molecule has 0 aliphatic carbocycles. The third-order valence-corrected chi connectivity index (χ3v) is 5.08. The number of aliphatic imine (C=N–C) groups is 1. The molecule has 1 unspecified atom stereocenters. The van der Waals surface area contributed by atoms with Gasteiger partial charge in [-0.05, 0) is 50.1 Å². The summed E-state index contributed by atoms with van der Waals surface area (Å²) in [5.41, 5.74) is 1.22. The van der Waals surface area contributed by atoms with Gasteiger partial charge in [0.25, 0.3) is 0 Å². The number of aryl methyl sites for hydroxylation is 1. The van der Waals surface area contributed by atoms with Crippen LogP contribution in [0.2, 0.25) is 0 Å². The highest BCUT2D eigenvalue weighted by molar-refractivity contribution is 7.11. The van der Waals surface area contributed by atoms with E-state index in [-0.39, 0.29) is 0 Å². The monoisotopic (exact) mass is 359 g/mol. The molecule has 6 heteroatoms. The first-order chi connectivity index (χ1) is 12.1. The van der Waals surface area contributed by atoms with Crippen LogP contribution in [-0.4, -0.2) is 32.4 Å². The highest BCUT2D eigenvalue weighted by Gasteiger charge is 2.13. The van der Waals surface area contributed by atoms with Gasteiger partial charge >= 0.3 is 0 Å². The van der Waals surface area contributed by atoms with Crippen LogP contribution in [0.1, 0.15) is 22.2 Å². The van der Waals surface area contributed by atoms with Gasteiger partial charge in [0, 0.05) is 35.8 Å². The second-order valence-electron chi connectivity index (χ2n) is 6.20. The van der Waals surface area contributed by atoms with Gasteiger partial charge in [0.15, 0.2) is 17.5 Å². The zero-order valence-electron chi connectivity index (χ0n) is 15.0. The number of ether oxygens (including phenoxy) is 2. The van der Waals surface area contributed by atoms with Crippen LogP contribution in [0.4, 0.5) is 0 Å². The van der Waals surface area contributed by atoms with Crippen LogP contribution in [0.25, 0.3) is 0 Å². The SMILES string of the molecule is CN=C(NCCc1ccc2c(c1)OCO2)NC(C)Cc1ccc(C)s1. The molecule has 25 heavy (non-hydrogen) atoms. The molecule has 0 fully saturated rings. The summed E-state index contributed by atoms with van der Waals surface area (Å²) in [5.74, 6) is 2.49. The van der Waals surface area contributed by atoms with Crippen LogP contribution >= 0.6 is 11.3 Å². The molecule has 0 spiro atoms. The van der Waals surface area contributed by atoms with Crippen LogP contribution in [-0.2, 0) is 12.8 Å². The molecule has 2 heterocycles. The fourth-order valence-electron chi connectivity index (χ4n) is 2.80. The van der Waals surface area contributed by atoms with Crippen molar-refractivity contribution in [1.29, 1.82) is 0 Å². The summed E-state index contributed by atoms with van der Waals surface area (Å²) in [6.07, 6.45) is 1.90. The van der Waals surface area contributed by atoms with E-state index in [0.29, 0.717) is 12.8 Å². The largest absolute Gasteiger partial charge is 0.454 e. The second kappa shape index (κ2) is 8.25. The molecule has 2 aromatic rings. The van der Waals surface area contributed by atoms with Crippen molar-refractivity contribution < 1.29 is 9.47 Å². The van der Waals surface area contributed by atoms with E-state index in [1.54, 1.807) is 7.05 Å². The fraction of sp³-hybridized carbons (Fsp3) is 0.421. The van der Waals surface area contributed by atoms with Gasteiger partial charge in [-0.2, -0.15) is 0 Å². The van der Waals surface area contributed by atoms with Gasteiger partial charge in [-0.1, -0.05) is 6.07 Å². The normalized spacial score (nSPS) is 14.4. The first kappa shape index (κ1) is 17.6. The number of hydrogen-bond donors (Lipinski definition) is 2.